The summed E-state index contributed by atoms with van der Waals surface area (Å²) in [6.45, 7) is 3.32. The Morgan fingerprint density at radius 1 is 1.39 bits per heavy atom. The van der Waals surface area contributed by atoms with E-state index in [1.165, 1.54) is 4.31 Å². The van der Waals surface area contributed by atoms with E-state index in [0.717, 1.165) is 0 Å². The van der Waals surface area contributed by atoms with Gasteiger partial charge in [0.15, 0.2) is 0 Å². The lowest BCUT2D eigenvalue weighted by atomic mass is 10.3. The predicted octanol–water partition coefficient (Wildman–Crippen LogP) is 1.07. The van der Waals surface area contributed by atoms with Gasteiger partial charge in [0.2, 0.25) is 10.0 Å². The Balaban J connectivity index is 2.33. The highest BCUT2D eigenvalue weighted by Crippen LogP contribution is 2.23. The number of benzene rings is 1. The lowest BCUT2D eigenvalue weighted by molar-refractivity contribution is 0.0752. The van der Waals surface area contributed by atoms with E-state index in [1.807, 2.05) is 6.92 Å². The first-order valence-electron chi connectivity index (χ1n) is 5.98. The molecule has 1 saturated heterocycles. The van der Waals surface area contributed by atoms with Gasteiger partial charge in [0.1, 0.15) is 4.90 Å². The van der Waals surface area contributed by atoms with Crippen LogP contribution in [0.1, 0.15) is 13.3 Å². The number of para-hydroxylation sites is 1. The van der Waals surface area contributed by atoms with Crippen LogP contribution in [0.4, 0.5) is 5.69 Å². The van der Waals surface area contributed by atoms with Crippen LogP contribution in [0, 0.1) is 0 Å². The largest absolute Gasteiger partial charge is 0.398 e. The molecule has 0 spiro atoms. The van der Waals surface area contributed by atoms with Crippen molar-refractivity contribution in [2.24, 2.45) is 0 Å². The van der Waals surface area contributed by atoms with Crippen molar-refractivity contribution in [1.29, 1.82) is 0 Å². The van der Waals surface area contributed by atoms with Gasteiger partial charge in [-0.2, -0.15) is 4.31 Å². The second kappa shape index (κ2) is 5.26. The molecule has 100 valence electrons. The third kappa shape index (κ3) is 2.66. The van der Waals surface area contributed by atoms with Crippen molar-refractivity contribution in [1.82, 2.24) is 4.31 Å². The molecule has 1 unspecified atom stereocenters. The molecule has 0 aliphatic carbocycles. The lowest BCUT2D eigenvalue weighted by Gasteiger charge is -2.22. The van der Waals surface area contributed by atoms with Crippen molar-refractivity contribution in [3.05, 3.63) is 24.3 Å². The summed E-state index contributed by atoms with van der Waals surface area (Å²) in [6.07, 6.45) is 0.614. The highest BCUT2D eigenvalue weighted by molar-refractivity contribution is 7.89. The summed E-state index contributed by atoms with van der Waals surface area (Å²) in [5.41, 5.74) is 6.04. The Bertz CT molecular complexity index is 516. The van der Waals surface area contributed by atoms with E-state index in [9.17, 15) is 8.42 Å². The van der Waals surface area contributed by atoms with Gasteiger partial charge in [-0.1, -0.05) is 12.1 Å². The second-order valence-electron chi connectivity index (χ2n) is 4.44. The molecule has 0 saturated carbocycles. The molecule has 1 fully saturated rings. The highest BCUT2D eigenvalue weighted by atomic mass is 32.2. The molecule has 2 rings (SSSR count). The number of nitrogens with zero attached hydrogens (tertiary/aromatic N) is 1. The van der Waals surface area contributed by atoms with E-state index in [0.29, 0.717) is 26.1 Å². The summed E-state index contributed by atoms with van der Waals surface area (Å²) >= 11 is 0. The van der Waals surface area contributed by atoms with Gasteiger partial charge >= 0.3 is 0 Å². The molecular formula is C12H18N2O3S. The maximum Gasteiger partial charge on any atom is 0.245 e. The van der Waals surface area contributed by atoms with Gasteiger partial charge in [-0.25, -0.2) is 8.42 Å². The quantitative estimate of drug-likeness (QED) is 0.816. The van der Waals surface area contributed by atoms with Gasteiger partial charge in [-0.15, -0.1) is 0 Å². The normalized spacial score (nSPS) is 22.6. The third-order valence-electron chi connectivity index (χ3n) is 2.95. The predicted molar refractivity (Wildman–Crippen MR) is 69.6 cm³/mol. The van der Waals surface area contributed by atoms with E-state index < -0.39 is 10.0 Å². The average molecular weight is 270 g/mol. The van der Waals surface area contributed by atoms with Crippen LogP contribution < -0.4 is 5.73 Å². The van der Waals surface area contributed by atoms with Crippen molar-refractivity contribution in [2.45, 2.75) is 24.3 Å². The van der Waals surface area contributed by atoms with Crippen LogP contribution in [0.15, 0.2) is 29.2 Å². The topological polar surface area (TPSA) is 72.6 Å². The Labute approximate surface area is 108 Å². The zero-order chi connectivity index (χ0) is 13.2. The zero-order valence-corrected chi connectivity index (χ0v) is 11.2. The summed E-state index contributed by atoms with van der Waals surface area (Å²) in [7, 11) is -3.52. The fraction of sp³-hybridized carbons (Fsp3) is 0.500. The van der Waals surface area contributed by atoms with Crippen LogP contribution in [-0.2, 0) is 14.8 Å². The van der Waals surface area contributed by atoms with Crippen LogP contribution in [-0.4, -0.2) is 38.5 Å². The van der Waals surface area contributed by atoms with Crippen LogP contribution in [0.3, 0.4) is 0 Å². The van der Waals surface area contributed by atoms with Crippen molar-refractivity contribution < 1.29 is 13.2 Å². The number of nitrogens with two attached hydrogens (primary N) is 1. The third-order valence-corrected chi connectivity index (χ3v) is 4.89. The number of ether oxygens (including phenoxy) is 1. The molecular weight excluding hydrogens is 252 g/mol. The second-order valence-corrected chi connectivity index (χ2v) is 6.34. The molecule has 1 aromatic rings. The molecule has 2 N–H and O–H groups in total. The standard InChI is InChI=1S/C12H18N2O3S/c1-10-9-14(7-4-8-17-10)18(15,16)12-6-3-2-5-11(12)13/h2-3,5-6,10H,4,7-9,13H2,1H3. The smallest absolute Gasteiger partial charge is 0.245 e. The fourth-order valence-electron chi connectivity index (χ4n) is 2.03. The molecule has 0 bridgehead atoms. The van der Waals surface area contributed by atoms with Crippen molar-refractivity contribution in [3.63, 3.8) is 0 Å². The van der Waals surface area contributed by atoms with E-state index in [1.54, 1.807) is 24.3 Å². The van der Waals surface area contributed by atoms with E-state index in [2.05, 4.69) is 0 Å². The number of sulfonamides is 1. The molecule has 1 aromatic carbocycles. The maximum absolute atomic E-state index is 12.5. The average Bonchev–Trinajstić information content (AvgIpc) is 2.54. The fourth-order valence-corrected chi connectivity index (χ4v) is 3.70. The lowest BCUT2D eigenvalue weighted by Crippen LogP contribution is -2.36. The SMILES string of the molecule is CC1CN(S(=O)(=O)c2ccccc2N)CCCO1. The van der Waals surface area contributed by atoms with Gasteiger partial charge in [-0.3, -0.25) is 0 Å². The number of anilines is 1. The Hall–Kier alpha value is -1.11. The first kappa shape index (κ1) is 13.3. The summed E-state index contributed by atoms with van der Waals surface area (Å²) in [5.74, 6) is 0. The molecule has 1 aliphatic heterocycles. The molecule has 1 heterocycles. The molecule has 0 amide bonds. The van der Waals surface area contributed by atoms with Crippen LogP contribution in [0.2, 0.25) is 0 Å². The Morgan fingerprint density at radius 2 is 2.11 bits per heavy atom. The summed E-state index contributed by atoms with van der Waals surface area (Å²) in [5, 5.41) is 0. The first-order chi connectivity index (χ1) is 8.51. The summed E-state index contributed by atoms with van der Waals surface area (Å²) in [4.78, 5) is 0.180. The number of hydrogen-bond acceptors (Lipinski definition) is 4. The minimum Gasteiger partial charge on any atom is -0.398 e. The van der Waals surface area contributed by atoms with Crippen LogP contribution >= 0.6 is 0 Å². The van der Waals surface area contributed by atoms with Gasteiger partial charge in [0.25, 0.3) is 0 Å². The monoisotopic (exact) mass is 270 g/mol. The van der Waals surface area contributed by atoms with Gasteiger partial charge in [0.05, 0.1) is 11.8 Å². The van der Waals surface area contributed by atoms with Crippen LogP contribution in [0.25, 0.3) is 0 Å². The molecule has 0 radical (unpaired) electrons. The first-order valence-corrected chi connectivity index (χ1v) is 7.42. The van der Waals surface area contributed by atoms with Gasteiger partial charge in [-0.05, 0) is 25.5 Å². The van der Waals surface area contributed by atoms with E-state index >= 15 is 0 Å². The minimum atomic E-state index is -3.52. The molecule has 1 aliphatic rings. The molecule has 6 heteroatoms. The number of rotatable bonds is 2. The molecule has 5 nitrogen and oxygen atoms in total. The Kier molecular flexibility index (Phi) is 3.89. The van der Waals surface area contributed by atoms with Gasteiger partial charge in [0, 0.05) is 19.7 Å². The van der Waals surface area contributed by atoms with Crippen molar-refractivity contribution in [2.75, 3.05) is 25.4 Å². The summed E-state index contributed by atoms with van der Waals surface area (Å²) < 4.78 is 31.9. The van der Waals surface area contributed by atoms with Crippen molar-refractivity contribution >= 4 is 15.7 Å². The molecule has 1 atom stereocenters. The number of hydrogen-bond donors (Lipinski definition) is 1. The summed E-state index contributed by atoms with van der Waals surface area (Å²) in [6, 6.07) is 6.55. The van der Waals surface area contributed by atoms with Gasteiger partial charge < -0.3 is 10.5 Å². The van der Waals surface area contributed by atoms with E-state index in [-0.39, 0.29) is 16.7 Å². The van der Waals surface area contributed by atoms with Crippen molar-refractivity contribution in [3.8, 4) is 0 Å². The van der Waals surface area contributed by atoms with Crippen LogP contribution in [0.5, 0.6) is 0 Å². The minimum absolute atomic E-state index is 0.0905. The maximum atomic E-state index is 12.5. The number of nitrogen functional groups attached to an aromatic ring is 1. The highest BCUT2D eigenvalue weighted by Gasteiger charge is 2.28. The van der Waals surface area contributed by atoms with E-state index in [4.69, 9.17) is 10.5 Å². The Morgan fingerprint density at radius 3 is 2.83 bits per heavy atom. The zero-order valence-electron chi connectivity index (χ0n) is 10.4. The molecule has 0 aromatic heterocycles. The molecule has 18 heavy (non-hydrogen) atoms.